The predicted molar refractivity (Wildman–Crippen MR) is 106 cm³/mol. The Labute approximate surface area is 162 Å². The summed E-state index contributed by atoms with van der Waals surface area (Å²) in [6.45, 7) is 3.30. The summed E-state index contributed by atoms with van der Waals surface area (Å²) in [5.41, 5.74) is 2.08. The van der Waals surface area contributed by atoms with Gasteiger partial charge >= 0.3 is 5.97 Å². The van der Waals surface area contributed by atoms with Gasteiger partial charge in [-0.2, -0.15) is 0 Å². The Morgan fingerprint density at radius 1 is 1.27 bits per heavy atom. The van der Waals surface area contributed by atoms with E-state index >= 15 is 0 Å². The third-order valence-corrected chi connectivity index (χ3v) is 5.33. The van der Waals surface area contributed by atoms with Gasteiger partial charge in [0.05, 0.1) is 12.6 Å². The molecule has 0 unspecified atom stereocenters. The minimum atomic E-state index is -0.751. The molecule has 2 atom stereocenters. The van der Waals surface area contributed by atoms with Crippen LogP contribution in [-0.4, -0.2) is 35.2 Å². The standard InChI is InChI=1S/C21H24BrNO3/c1-2-26-19-12-4-3-10-17(19)20(15-8-7-9-16(22)14-15)23-13-6-5-11-18(23)21(24)25/h3-4,7-10,12,14,18,20H,2,5-6,11,13H2,1H3,(H,24,25)/t18-,20+/m0/s1. The van der Waals surface area contributed by atoms with Crippen molar-refractivity contribution >= 4 is 21.9 Å². The van der Waals surface area contributed by atoms with Crippen LogP contribution in [0, 0.1) is 0 Å². The highest BCUT2D eigenvalue weighted by atomic mass is 79.9. The van der Waals surface area contributed by atoms with Crippen LogP contribution in [0.1, 0.15) is 43.4 Å². The van der Waals surface area contributed by atoms with Gasteiger partial charge < -0.3 is 9.84 Å². The second-order valence-corrected chi connectivity index (χ2v) is 7.43. The number of hydrogen-bond acceptors (Lipinski definition) is 3. The fraction of sp³-hybridized carbons (Fsp3) is 0.381. The topological polar surface area (TPSA) is 49.8 Å². The van der Waals surface area contributed by atoms with Crippen molar-refractivity contribution in [3.05, 3.63) is 64.1 Å². The molecule has 0 bridgehead atoms. The van der Waals surface area contributed by atoms with E-state index in [0.717, 1.165) is 40.7 Å². The van der Waals surface area contributed by atoms with Gasteiger partial charge in [-0.1, -0.05) is 52.7 Å². The first kappa shape index (κ1) is 18.9. The molecule has 5 heteroatoms. The Morgan fingerprint density at radius 3 is 2.81 bits per heavy atom. The van der Waals surface area contributed by atoms with Crippen LogP contribution in [0.15, 0.2) is 53.0 Å². The third-order valence-electron chi connectivity index (χ3n) is 4.84. The smallest absolute Gasteiger partial charge is 0.320 e. The van der Waals surface area contributed by atoms with Crippen molar-refractivity contribution in [3.63, 3.8) is 0 Å². The highest BCUT2D eigenvalue weighted by Gasteiger charge is 2.36. The number of likely N-dealkylation sites (tertiary alicyclic amines) is 1. The van der Waals surface area contributed by atoms with Crippen molar-refractivity contribution in [2.75, 3.05) is 13.2 Å². The number of ether oxygens (including phenoxy) is 1. The Morgan fingerprint density at radius 2 is 2.08 bits per heavy atom. The number of para-hydroxylation sites is 1. The minimum Gasteiger partial charge on any atom is -0.494 e. The monoisotopic (exact) mass is 417 g/mol. The van der Waals surface area contributed by atoms with E-state index in [0.29, 0.717) is 13.0 Å². The maximum absolute atomic E-state index is 11.9. The lowest BCUT2D eigenvalue weighted by Crippen LogP contribution is -2.46. The summed E-state index contributed by atoms with van der Waals surface area (Å²) in [4.78, 5) is 14.0. The van der Waals surface area contributed by atoms with Gasteiger partial charge in [-0.05, 0) is 50.1 Å². The van der Waals surface area contributed by atoms with Crippen LogP contribution < -0.4 is 4.74 Å². The Balaban J connectivity index is 2.12. The molecular weight excluding hydrogens is 394 g/mol. The molecule has 1 saturated heterocycles. The molecule has 0 amide bonds. The second-order valence-electron chi connectivity index (χ2n) is 6.52. The molecule has 4 nitrogen and oxygen atoms in total. The van der Waals surface area contributed by atoms with Gasteiger partial charge in [-0.15, -0.1) is 0 Å². The Bertz CT molecular complexity index is 764. The van der Waals surface area contributed by atoms with Crippen LogP contribution in [0.25, 0.3) is 0 Å². The van der Waals surface area contributed by atoms with Crippen molar-refractivity contribution in [1.82, 2.24) is 4.90 Å². The van der Waals surface area contributed by atoms with Gasteiger partial charge in [0.15, 0.2) is 0 Å². The molecule has 2 aromatic rings. The number of carboxylic acid groups (broad SMARTS) is 1. The van der Waals surface area contributed by atoms with Crippen molar-refractivity contribution < 1.29 is 14.6 Å². The first-order valence-electron chi connectivity index (χ1n) is 9.07. The second kappa shape index (κ2) is 8.69. The average molecular weight is 418 g/mol. The summed E-state index contributed by atoms with van der Waals surface area (Å²) in [7, 11) is 0. The largest absolute Gasteiger partial charge is 0.494 e. The van der Waals surface area contributed by atoms with Gasteiger partial charge in [-0.3, -0.25) is 9.69 Å². The van der Waals surface area contributed by atoms with Crippen LogP contribution in [0.4, 0.5) is 0 Å². The first-order chi connectivity index (χ1) is 12.6. The van der Waals surface area contributed by atoms with E-state index in [1.807, 2.05) is 43.3 Å². The lowest BCUT2D eigenvalue weighted by Gasteiger charge is -2.40. The number of carbonyl (C=O) groups is 1. The zero-order chi connectivity index (χ0) is 18.5. The number of nitrogens with zero attached hydrogens (tertiary/aromatic N) is 1. The maximum atomic E-state index is 11.9. The summed E-state index contributed by atoms with van der Waals surface area (Å²) in [6, 6.07) is 15.4. The minimum absolute atomic E-state index is 0.156. The molecule has 138 valence electrons. The molecule has 3 rings (SSSR count). The number of benzene rings is 2. The highest BCUT2D eigenvalue weighted by molar-refractivity contribution is 9.10. The molecule has 0 spiro atoms. The van der Waals surface area contributed by atoms with Crippen LogP contribution in [0.2, 0.25) is 0 Å². The number of aliphatic carboxylic acids is 1. The van der Waals surface area contributed by atoms with Gasteiger partial charge in [0.1, 0.15) is 11.8 Å². The number of rotatable bonds is 6. The van der Waals surface area contributed by atoms with Gasteiger partial charge in [0.2, 0.25) is 0 Å². The zero-order valence-electron chi connectivity index (χ0n) is 14.9. The van der Waals surface area contributed by atoms with Crippen molar-refractivity contribution in [1.29, 1.82) is 0 Å². The van der Waals surface area contributed by atoms with Crippen molar-refractivity contribution in [3.8, 4) is 5.75 Å². The number of hydrogen-bond donors (Lipinski definition) is 1. The summed E-state index contributed by atoms with van der Waals surface area (Å²) in [5, 5.41) is 9.80. The van der Waals surface area contributed by atoms with Gasteiger partial charge in [0.25, 0.3) is 0 Å². The molecule has 26 heavy (non-hydrogen) atoms. The number of carboxylic acids is 1. The lowest BCUT2D eigenvalue weighted by atomic mass is 9.91. The fourth-order valence-electron chi connectivity index (χ4n) is 3.75. The molecule has 2 aromatic carbocycles. The quantitative estimate of drug-likeness (QED) is 0.727. The summed E-state index contributed by atoms with van der Waals surface area (Å²) in [6.07, 6.45) is 2.63. The number of piperidine rings is 1. The zero-order valence-corrected chi connectivity index (χ0v) is 16.5. The summed E-state index contributed by atoms with van der Waals surface area (Å²) in [5.74, 6) is 0.0632. The molecule has 1 aliphatic rings. The van der Waals surface area contributed by atoms with E-state index in [1.54, 1.807) is 0 Å². The maximum Gasteiger partial charge on any atom is 0.320 e. The molecule has 0 saturated carbocycles. The van der Waals surface area contributed by atoms with Gasteiger partial charge in [0, 0.05) is 10.0 Å². The molecule has 0 aromatic heterocycles. The molecule has 0 radical (unpaired) electrons. The predicted octanol–water partition coefficient (Wildman–Crippen LogP) is 4.88. The average Bonchev–Trinajstić information content (AvgIpc) is 2.64. The number of halogens is 1. The molecule has 1 heterocycles. The third kappa shape index (κ3) is 4.10. The molecular formula is C21H24BrNO3. The normalized spacial score (nSPS) is 19.1. The molecule has 1 N–H and O–H groups in total. The molecule has 0 aliphatic carbocycles. The van der Waals surface area contributed by atoms with Crippen LogP contribution in [0.5, 0.6) is 5.75 Å². The lowest BCUT2D eigenvalue weighted by molar-refractivity contribution is -0.145. The van der Waals surface area contributed by atoms with E-state index in [-0.39, 0.29) is 6.04 Å². The van der Waals surface area contributed by atoms with E-state index in [9.17, 15) is 9.90 Å². The highest BCUT2D eigenvalue weighted by Crippen LogP contribution is 2.39. The van der Waals surface area contributed by atoms with Crippen molar-refractivity contribution in [2.45, 2.75) is 38.3 Å². The molecule has 1 aliphatic heterocycles. The van der Waals surface area contributed by atoms with Gasteiger partial charge in [-0.25, -0.2) is 0 Å². The van der Waals surface area contributed by atoms with E-state index in [1.165, 1.54) is 0 Å². The van der Waals surface area contributed by atoms with Crippen LogP contribution in [-0.2, 0) is 4.79 Å². The van der Waals surface area contributed by atoms with Crippen LogP contribution >= 0.6 is 15.9 Å². The van der Waals surface area contributed by atoms with E-state index in [4.69, 9.17) is 4.74 Å². The SMILES string of the molecule is CCOc1ccccc1[C@@H](c1cccc(Br)c1)N1CCCC[C@H]1C(=O)O. The molecule has 1 fully saturated rings. The summed E-state index contributed by atoms with van der Waals surface area (Å²) >= 11 is 3.55. The van der Waals surface area contributed by atoms with Crippen LogP contribution in [0.3, 0.4) is 0 Å². The fourth-order valence-corrected chi connectivity index (χ4v) is 4.16. The Hall–Kier alpha value is -1.85. The Kier molecular flexibility index (Phi) is 6.33. The first-order valence-corrected chi connectivity index (χ1v) is 9.87. The van der Waals surface area contributed by atoms with Crippen molar-refractivity contribution in [2.24, 2.45) is 0 Å². The summed E-state index contributed by atoms with van der Waals surface area (Å²) < 4.78 is 6.85. The van der Waals surface area contributed by atoms with E-state index < -0.39 is 12.0 Å². The van der Waals surface area contributed by atoms with E-state index in [2.05, 4.69) is 33.0 Å².